The molecule has 3 rings (SSSR count). The molecule has 1 aliphatic carbocycles. The number of H-pyrrole nitrogens is 1. The predicted molar refractivity (Wildman–Crippen MR) is 72.1 cm³/mol. The number of fused-ring (bicyclic) bond motifs is 1. The van der Waals surface area contributed by atoms with Gasteiger partial charge in [0.05, 0.1) is 5.02 Å². The topological polar surface area (TPSA) is 28.7 Å². The molecule has 0 amide bonds. The molecule has 1 fully saturated rings. The SMILES string of the molecule is C=C(c1c(Cl)cnc2[nH]ccc12)C1CCCC1. The Labute approximate surface area is 106 Å². The van der Waals surface area contributed by atoms with Gasteiger partial charge in [0, 0.05) is 23.3 Å². The zero-order chi connectivity index (χ0) is 11.8. The number of nitrogens with one attached hydrogen (secondary N) is 1. The van der Waals surface area contributed by atoms with Crippen LogP contribution in [0, 0.1) is 5.92 Å². The molecule has 0 unspecified atom stereocenters. The number of rotatable bonds is 2. The highest BCUT2D eigenvalue weighted by Crippen LogP contribution is 2.40. The molecule has 0 aliphatic heterocycles. The summed E-state index contributed by atoms with van der Waals surface area (Å²) in [6.45, 7) is 4.27. The standard InChI is InChI=1S/C14H15ClN2/c1-9(10-4-2-3-5-10)13-11-6-7-16-14(11)17-8-12(13)15/h6-8,10H,1-5H2,(H,16,17). The van der Waals surface area contributed by atoms with Gasteiger partial charge in [-0.15, -0.1) is 0 Å². The minimum atomic E-state index is 0.591. The molecule has 0 spiro atoms. The molecule has 0 bridgehead atoms. The number of aromatic amines is 1. The monoisotopic (exact) mass is 246 g/mol. The first-order chi connectivity index (χ1) is 8.27. The van der Waals surface area contributed by atoms with E-state index < -0.39 is 0 Å². The summed E-state index contributed by atoms with van der Waals surface area (Å²) in [5, 5.41) is 1.81. The first-order valence-corrected chi connectivity index (χ1v) is 6.46. The molecule has 2 nitrogen and oxygen atoms in total. The summed E-state index contributed by atoms with van der Waals surface area (Å²) in [7, 11) is 0. The Balaban J connectivity index is 2.11. The lowest BCUT2D eigenvalue weighted by Gasteiger charge is -2.15. The zero-order valence-corrected chi connectivity index (χ0v) is 10.4. The van der Waals surface area contributed by atoms with E-state index in [0.29, 0.717) is 10.9 Å². The summed E-state index contributed by atoms with van der Waals surface area (Å²) in [5.41, 5.74) is 3.16. The summed E-state index contributed by atoms with van der Waals surface area (Å²) in [4.78, 5) is 7.40. The third kappa shape index (κ3) is 1.77. The van der Waals surface area contributed by atoms with E-state index in [1.54, 1.807) is 6.20 Å². The highest BCUT2D eigenvalue weighted by atomic mass is 35.5. The van der Waals surface area contributed by atoms with E-state index in [2.05, 4.69) is 16.5 Å². The molecule has 88 valence electrons. The Morgan fingerprint density at radius 2 is 2.18 bits per heavy atom. The largest absolute Gasteiger partial charge is 0.346 e. The van der Waals surface area contributed by atoms with Crippen molar-refractivity contribution in [1.29, 1.82) is 0 Å². The fourth-order valence-corrected chi connectivity index (χ4v) is 3.06. The minimum Gasteiger partial charge on any atom is -0.346 e. The first kappa shape index (κ1) is 10.8. The number of hydrogen-bond acceptors (Lipinski definition) is 1. The van der Waals surface area contributed by atoms with Crippen LogP contribution in [0.3, 0.4) is 0 Å². The summed E-state index contributed by atoms with van der Waals surface area (Å²) >= 11 is 6.30. The molecule has 1 aliphatic rings. The Morgan fingerprint density at radius 1 is 1.41 bits per heavy atom. The third-order valence-corrected chi connectivity index (χ3v) is 4.00. The molecule has 0 radical (unpaired) electrons. The second-order valence-corrected chi connectivity index (χ2v) is 5.13. The molecule has 1 N–H and O–H groups in total. The average molecular weight is 247 g/mol. The van der Waals surface area contributed by atoms with Gasteiger partial charge in [0.25, 0.3) is 0 Å². The molecule has 17 heavy (non-hydrogen) atoms. The predicted octanol–water partition coefficient (Wildman–Crippen LogP) is 4.42. The van der Waals surface area contributed by atoms with E-state index >= 15 is 0 Å². The van der Waals surface area contributed by atoms with Crippen LogP contribution in [0.2, 0.25) is 5.02 Å². The van der Waals surface area contributed by atoms with E-state index in [4.69, 9.17) is 11.6 Å². The van der Waals surface area contributed by atoms with Gasteiger partial charge in [-0.2, -0.15) is 0 Å². The first-order valence-electron chi connectivity index (χ1n) is 6.08. The highest BCUT2D eigenvalue weighted by Gasteiger charge is 2.22. The number of allylic oxidation sites excluding steroid dienone is 1. The fraction of sp³-hybridized carbons (Fsp3) is 0.357. The van der Waals surface area contributed by atoms with Crippen molar-refractivity contribution in [2.45, 2.75) is 25.7 Å². The summed E-state index contributed by atoms with van der Waals surface area (Å²) in [6.07, 6.45) is 8.72. The maximum atomic E-state index is 6.30. The van der Waals surface area contributed by atoms with Crippen LogP contribution < -0.4 is 0 Å². The molecule has 0 aromatic carbocycles. The zero-order valence-electron chi connectivity index (χ0n) is 9.67. The quantitative estimate of drug-likeness (QED) is 0.835. The maximum Gasteiger partial charge on any atom is 0.137 e. The van der Waals surface area contributed by atoms with E-state index in [1.807, 2.05) is 12.3 Å². The van der Waals surface area contributed by atoms with Crippen LogP contribution in [-0.4, -0.2) is 9.97 Å². The van der Waals surface area contributed by atoms with Crippen LogP contribution in [0.5, 0.6) is 0 Å². The van der Waals surface area contributed by atoms with Gasteiger partial charge in [0.15, 0.2) is 0 Å². The van der Waals surface area contributed by atoms with Crippen molar-refractivity contribution in [1.82, 2.24) is 9.97 Å². The van der Waals surface area contributed by atoms with Crippen molar-refractivity contribution in [2.24, 2.45) is 5.92 Å². The second-order valence-electron chi connectivity index (χ2n) is 4.73. The van der Waals surface area contributed by atoms with Gasteiger partial charge in [0.2, 0.25) is 0 Å². The minimum absolute atomic E-state index is 0.591. The van der Waals surface area contributed by atoms with Crippen molar-refractivity contribution >= 4 is 28.2 Å². The Kier molecular flexibility index (Phi) is 2.67. The Morgan fingerprint density at radius 3 is 2.94 bits per heavy atom. The lowest BCUT2D eigenvalue weighted by Crippen LogP contribution is -1.98. The molecule has 3 heteroatoms. The molecule has 0 saturated heterocycles. The molecule has 2 aromatic rings. The number of hydrogen-bond donors (Lipinski definition) is 1. The van der Waals surface area contributed by atoms with Crippen LogP contribution in [0.25, 0.3) is 16.6 Å². The van der Waals surface area contributed by atoms with E-state index in [1.165, 1.54) is 31.3 Å². The molecular weight excluding hydrogens is 232 g/mol. The van der Waals surface area contributed by atoms with Crippen LogP contribution in [0.15, 0.2) is 25.0 Å². The van der Waals surface area contributed by atoms with Gasteiger partial charge in [-0.3, -0.25) is 0 Å². The van der Waals surface area contributed by atoms with Crippen LogP contribution >= 0.6 is 11.6 Å². The van der Waals surface area contributed by atoms with Crippen molar-refractivity contribution in [3.8, 4) is 0 Å². The Hall–Kier alpha value is -1.28. The molecule has 2 aromatic heterocycles. The number of halogens is 1. The van der Waals surface area contributed by atoms with Crippen molar-refractivity contribution < 1.29 is 0 Å². The smallest absolute Gasteiger partial charge is 0.137 e. The lowest BCUT2D eigenvalue weighted by molar-refractivity contribution is 0.708. The van der Waals surface area contributed by atoms with Gasteiger partial charge in [0.1, 0.15) is 5.65 Å². The molecule has 2 heterocycles. The van der Waals surface area contributed by atoms with Gasteiger partial charge < -0.3 is 4.98 Å². The van der Waals surface area contributed by atoms with Gasteiger partial charge >= 0.3 is 0 Å². The maximum absolute atomic E-state index is 6.30. The van der Waals surface area contributed by atoms with Gasteiger partial charge in [-0.05, 0) is 30.4 Å². The average Bonchev–Trinajstić information content (AvgIpc) is 2.98. The van der Waals surface area contributed by atoms with Crippen LogP contribution in [-0.2, 0) is 0 Å². The van der Waals surface area contributed by atoms with Gasteiger partial charge in [-0.1, -0.05) is 31.0 Å². The number of aromatic nitrogens is 2. The summed E-state index contributed by atoms with van der Waals surface area (Å²) in [5.74, 6) is 0.591. The van der Waals surface area contributed by atoms with Crippen LogP contribution in [0.1, 0.15) is 31.2 Å². The lowest BCUT2D eigenvalue weighted by atomic mass is 9.91. The summed E-state index contributed by atoms with van der Waals surface area (Å²) < 4.78 is 0. The fourth-order valence-electron chi connectivity index (χ4n) is 2.79. The van der Waals surface area contributed by atoms with E-state index in [-0.39, 0.29) is 0 Å². The van der Waals surface area contributed by atoms with Crippen molar-refractivity contribution in [3.05, 3.63) is 35.6 Å². The third-order valence-electron chi connectivity index (χ3n) is 3.71. The van der Waals surface area contributed by atoms with Gasteiger partial charge in [-0.25, -0.2) is 4.98 Å². The van der Waals surface area contributed by atoms with E-state index in [0.717, 1.165) is 16.6 Å². The van der Waals surface area contributed by atoms with E-state index in [9.17, 15) is 0 Å². The van der Waals surface area contributed by atoms with Crippen LogP contribution in [0.4, 0.5) is 0 Å². The molecule has 0 atom stereocenters. The number of pyridine rings is 1. The second kappa shape index (κ2) is 4.19. The van der Waals surface area contributed by atoms with Crippen molar-refractivity contribution in [3.63, 3.8) is 0 Å². The Bertz CT molecular complexity index is 565. The van der Waals surface area contributed by atoms with Crippen molar-refractivity contribution in [2.75, 3.05) is 0 Å². The summed E-state index contributed by atoms with van der Waals surface area (Å²) in [6, 6.07) is 2.03. The molecule has 1 saturated carbocycles. The highest BCUT2D eigenvalue weighted by molar-refractivity contribution is 6.33. The normalized spacial score (nSPS) is 16.8. The molecular formula is C14H15ClN2. The number of nitrogens with zero attached hydrogens (tertiary/aromatic N) is 1.